The molecule has 0 spiro atoms. The Kier molecular flexibility index (Phi) is 5.37. The Morgan fingerprint density at radius 2 is 2.27 bits per heavy atom. The third kappa shape index (κ3) is 4.25. The first-order valence-corrected chi connectivity index (χ1v) is 11.2. The van der Waals surface area contributed by atoms with Gasteiger partial charge < -0.3 is 4.74 Å². The Balaban J connectivity index is 1.49. The maximum atomic E-state index is 14.8. The highest BCUT2D eigenvalue weighted by Crippen LogP contribution is 2.30. The van der Waals surface area contributed by atoms with Gasteiger partial charge in [0.2, 0.25) is 0 Å². The second kappa shape index (κ2) is 7.98. The van der Waals surface area contributed by atoms with E-state index in [0.717, 1.165) is 0 Å². The third-order valence-electron chi connectivity index (χ3n) is 4.92. The Morgan fingerprint density at radius 1 is 1.43 bits per heavy atom. The summed E-state index contributed by atoms with van der Waals surface area (Å²) in [5.41, 5.74) is 1.49. The van der Waals surface area contributed by atoms with Gasteiger partial charge in [-0.2, -0.15) is 4.36 Å². The van der Waals surface area contributed by atoms with Crippen LogP contribution in [0.4, 0.5) is 14.9 Å². The van der Waals surface area contributed by atoms with E-state index in [0.29, 0.717) is 29.8 Å². The predicted molar refractivity (Wildman–Crippen MR) is 108 cm³/mol. The second-order valence-electron chi connectivity index (χ2n) is 7.14. The second-order valence-corrected chi connectivity index (χ2v) is 9.61. The van der Waals surface area contributed by atoms with Gasteiger partial charge in [-0.1, -0.05) is 11.3 Å². The number of aromatic nitrogens is 3. The van der Waals surface area contributed by atoms with Crippen LogP contribution < -0.4 is 4.90 Å². The van der Waals surface area contributed by atoms with Gasteiger partial charge in [-0.05, 0) is 30.2 Å². The number of hydrogen-bond acceptors (Lipinski definition) is 6. The average Bonchev–Trinajstić information content (AvgIpc) is 3.31. The summed E-state index contributed by atoms with van der Waals surface area (Å²) in [5, 5.41) is 7.56. The molecule has 1 unspecified atom stereocenters. The quantitative estimate of drug-likeness (QED) is 0.732. The standard InChI is InChI=1S/C19H20FN5O4S/c1-13(26)22-30(28)8-4-14(5-9-30)17-3-2-15(10-18(17)20)25-12-16(29-19(25)27)11-24-7-6-21-23-24/h2-4,6-7,10,16H,5,8-9,11-12H2,1H3/t16-,30?/m0/s1. The fraction of sp³-hybridized carbons (Fsp3) is 0.368. The molecule has 1 aromatic heterocycles. The molecule has 2 atom stereocenters. The minimum atomic E-state index is -2.60. The number of carbonyl (C=O) groups is 2. The molecule has 2 aliphatic rings. The molecular formula is C19H20FN5O4S. The lowest BCUT2D eigenvalue weighted by Gasteiger charge is -2.19. The third-order valence-corrected chi connectivity index (χ3v) is 7.04. The molecule has 0 bridgehead atoms. The Bertz CT molecular complexity index is 1140. The zero-order valence-corrected chi connectivity index (χ0v) is 17.0. The van der Waals surface area contributed by atoms with Crippen molar-refractivity contribution < 1.29 is 22.9 Å². The maximum Gasteiger partial charge on any atom is 0.414 e. The molecule has 30 heavy (non-hydrogen) atoms. The minimum absolute atomic E-state index is 0.117. The van der Waals surface area contributed by atoms with E-state index in [1.165, 1.54) is 24.1 Å². The van der Waals surface area contributed by atoms with Crippen LogP contribution in [0.2, 0.25) is 0 Å². The summed E-state index contributed by atoms with van der Waals surface area (Å²) >= 11 is 0. The predicted octanol–water partition coefficient (Wildman–Crippen LogP) is 2.24. The van der Waals surface area contributed by atoms with Crippen molar-refractivity contribution in [1.29, 1.82) is 0 Å². The lowest BCUT2D eigenvalue weighted by Crippen LogP contribution is -2.26. The van der Waals surface area contributed by atoms with Gasteiger partial charge >= 0.3 is 6.09 Å². The fourth-order valence-corrected chi connectivity index (χ4v) is 5.35. The molecule has 2 aliphatic heterocycles. The molecule has 3 heterocycles. The SMILES string of the molecule is CC(=O)N=S1(=O)CC=C(c2ccc(N3C[C@H](Cn4ccnn4)OC3=O)cc2F)CC1. The van der Waals surface area contributed by atoms with Crippen LogP contribution in [-0.4, -0.2) is 55.4 Å². The molecule has 1 saturated heterocycles. The van der Waals surface area contributed by atoms with Crippen molar-refractivity contribution in [3.8, 4) is 0 Å². The molecule has 0 saturated carbocycles. The number of rotatable bonds is 4. The monoisotopic (exact) mass is 433 g/mol. The smallest absolute Gasteiger partial charge is 0.414 e. The minimum Gasteiger partial charge on any atom is -0.442 e. The molecule has 0 aliphatic carbocycles. The van der Waals surface area contributed by atoms with Crippen LogP contribution in [0, 0.1) is 5.82 Å². The highest BCUT2D eigenvalue weighted by atomic mass is 32.2. The Labute approximate surface area is 172 Å². The average molecular weight is 433 g/mol. The van der Waals surface area contributed by atoms with E-state index in [1.54, 1.807) is 29.1 Å². The molecule has 4 rings (SSSR count). The molecule has 2 aromatic rings. The number of hydrogen-bond donors (Lipinski definition) is 0. The van der Waals surface area contributed by atoms with Crippen molar-refractivity contribution in [3.63, 3.8) is 0 Å². The molecule has 9 nitrogen and oxygen atoms in total. The summed E-state index contributed by atoms with van der Waals surface area (Å²) in [6.45, 7) is 1.90. The summed E-state index contributed by atoms with van der Waals surface area (Å²) in [7, 11) is -2.60. The summed E-state index contributed by atoms with van der Waals surface area (Å²) in [5.74, 6) is -0.622. The maximum absolute atomic E-state index is 14.8. The molecule has 1 aromatic carbocycles. The van der Waals surface area contributed by atoms with Crippen molar-refractivity contribution in [2.24, 2.45) is 4.36 Å². The lowest BCUT2D eigenvalue weighted by atomic mass is 10.0. The first-order chi connectivity index (χ1) is 14.3. The van der Waals surface area contributed by atoms with Crippen LogP contribution in [0.5, 0.6) is 0 Å². The molecule has 158 valence electrons. The number of amides is 2. The summed E-state index contributed by atoms with van der Waals surface area (Å²) in [6, 6.07) is 4.55. The number of allylic oxidation sites excluding steroid dienone is 1. The van der Waals surface area contributed by atoms with Gasteiger partial charge in [-0.25, -0.2) is 18.1 Å². The van der Waals surface area contributed by atoms with Crippen molar-refractivity contribution in [1.82, 2.24) is 15.0 Å². The molecule has 11 heteroatoms. The molecule has 0 radical (unpaired) electrons. The van der Waals surface area contributed by atoms with Crippen molar-refractivity contribution >= 4 is 33.0 Å². The van der Waals surface area contributed by atoms with Crippen LogP contribution in [0.1, 0.15) is 18.9 Å². The van der Waals surface area contributed by atoms with Crippen LogP contribution in [0.3, 0.4) is 0 Å². The molecule has 0 N–H and O–H groups in total. The molecular weight excluding hydrogens is 413 g/mol. The molecule has 1 fully saturated rings. The van der Waals surface area contributed by atoms with Gasteiger partial charge in [-0.3, -0.25) is 9.69 Å². The number of carbonyl (C=O) groups excluding carboxylic acids is 2. The summed E-state index contributed by atoms with van der Waals surface area (Å²) < 4.78 is 37.9. The van der Waals surface area contributed by atoms with E-state index in [1.807, 2.05) is 0 Å². The zero-order valence-electron chi connectivity index (χ0n) is 16.2. The van der Waals surface area contributed by atoms with Gasteiger partial charge in [0, 0.05) is 24.4 Å². The van der Waals surface area contributed by atoms with E-state index >= 15 is 0 Å². The van der Waals surface area contributed by atoms with Gasteiger partial charge in [0.05, 0.1) is 40.5 Å². The first kappa shape index (κ1) is 20.2. The highest BCUT2D eigenvalue weighted by molar-refractivity contribution is 7.94. The van der Waals surface area contributed by atoms with Crippen LogP contribution in [-0.2, 0) is 25.8 Å². The largest absolute Gasteiger partial charge is 0.442 e. The first-order valence-electron chi connectivity index (χ1n) is 9.37. The number of cyclic esters (lactones) is 1. The van der Waals surface area contributed by atoms with Gasteiger partial charge in [0.25, 0.3) is 5.91 Å². The normalized spacial score (nSPS) is 23.8. The number of anilines is 1. The number of benzene rings is 1. The summed E-state index contributed by atoms with van der Waals surface area (Å²) in [6.07, 6.45) is 4.28. The van der Waals surface area contributed by atoms with E-state index in [4.69, 9.17) is 4.74 Å². The molecule has 2 amide bonds. The zero-order chi connectivity index (χ0) is 21.3. The van der Waals surface area contributed by atoms with E-state index in [-0.39, 0.29) is 18.1 Å². The van der Waals surface area contributed by atoms with Crippen LogP contribution in [0.25, 0.3) is 5.57 Å². The Hall–Kier alpha value is -3.08. The van der Waals surface area contributed by atoms with Gasteiger partial charge in [0.1, 0.15) is 11.9 Å². The van der Waals surface area contributed by atoms with E-state index < -0.39 is 33.7 Å². The number of nitrogens with zero attached hydrogens (tertiary/aromatic N) is 5. The van der Waals surface area contributed by atoms with Crippen LogP contribution in [0.15, 0.2) is 41.0 Å². The van der Waals surface area contributed by atoms with Crippen molar-refractivity contribution in [3.05, 3.63) is 48.0 Å². The summed E-state index contributed by atoms with van der Waals surface area (Å²) in [4.78, 5) is 24.8. The van der Waals surface area contributed by atoms with Crippen molar-refractivity contribution in [2.45, 2.75) is 26.0 Å². The van der Waals surface area contributed by atoms with E-state index in [9.17, 15) is 18.2 Å². The number of halogens is 1. The van der Waals surface area contributed by atoms with Crippen LogP contribution >= 0.6 is 0 Å². The fourth-order valence-electron chi connectivity index (χ4n) is 3.55. The highest BCUT2D eigenvalue weighted by Gasteiger charge is 2.33. The topological polar surface area (TPSA) is 107 Å². The van der Waals surface area contributed by atoms with Gasteiger partial charge in [-0.15, -0.1) is 5.10 Å². The van der Waals surface area contributed by atoms with Gasteiger partial charge in [0.15, 0.2) is 0 Å². The van der Waals surface area contributed by atoms with E-state index in [2.05, 4.69) is 14.7 Å². The van der Waals surface area contributed by atoms with Crippen molar-refractivity contribution in [2.75, 3.05) is 23.0 Å². The lowest BCUT2D eigenvalue weighted by molar-refractivity contribution is -0.115. The Morgan fingerprint density at radius 3 is 2.90 bits per heavy atom. The number of ether oxygens (including phenoxy) is 1.